The normalized spacial score (nSPS) is 13.4. The minimum absolute atomic E-state index is 0. The third kappa shape index (κ3) is 13.1. The van der Waals surface area contributed by atoms with Gasteiger partial charge in [0.1, 0.15) is 13.1 Å². The van der Waals surface area contributed by atoms with E-state index in [9.17, 15) is 0 Å². The van der Waals surface area contributed by atoms with Gasteiger partial charge in [0, 0.05) is 0 Å². The van der Waals surface area contributed by atoms with Gasteiger partial charge < -0.3 is 65.8 Å². The molecule has 0 radical (unpaired) electrons. The van der Waals surface area contributed by atoms with Crippen LogP contribution in [0.2, 0.25) is 26.2 Å². The van der Waals surface area contributed by atoms with Gasteiger partial charge in [-0.1, -0.05) is 0 Å². The Hall–Kier alpha value is 1.73. The maximum absolute atomic E-state index is 6.31. The highest BCUT2D eigenvalue weighted by molar-refractivity contribution is 7.35. The molecule has 0 aliphatic heterocycles. The number of hydrogen-bond acceptors (Lipinski definition) is 2. The Morgan fingerprint density at radius 1 is 0.591 bits per heavy atom. The molecule has 0 fully saturated rings. The van der Waals surface area contributed by atoms with Crippen LogP contribution in [-0.2, 0) is 8.85 Å². The molecule has 0 unspecified atom stereocenters. The van der Waals surface area contributed by atoms with Gasteiger partial charge in [-0.25, -0.2) is 0 Å². The van der Waals surface area contributed by atoms with E-state index in [1.807, 2.05) is 0 Å². The molecule has 22 heavy (non-hydrogen) atoms. The average molecular weight is 576 g/mol. The second kappa shape index (κ2) is 10.7. The van der Waals surface area contributed by atoms with Crippen molar-refractivity contribution in [1.29, 1.82) is 0 Å². The number of hydrogen-bond donors (Lipinski definition) is 0. The first kappa shape index (κ1) is 28.5. The van der Waals surface area contributed by atoms with Crippen LogP contribution in [0.3, 0.4) is 0 Å². The molecule has 0 rings (SSSR count). The summed E-state index contributed by atoms with van der Waals surface area (Å²) in [7, 11) is 9.78. The summed E-state index contributed by atoms with van der Waals surface area (Å²) in [6.45, 7) is 13.1. The zero-order valence-electron chi connectivity index (χ0n) is 16.3. The molecule has 0 atom stereocenters. The van der Waals surface area contributed by atoms with Gasteiger partial charge in [-0.2, -0.15) is 0 Å². The fraction of sp³-hybridized carbons (Fsp3) is 1.00. The molecule has 4 nitrogen and oxygen atoms in total. The van der Waals surface area contributed by atoms with Gasteiger partial charge in [0.15, 0.2) is 0 Å². The zero-order valence-corrected chi connectivity index (χ0v) is 22.6. The lowest BCUT2D eigenvalue weighted by molar-refractivity contribution is -0.870. The van der Waals surface area contributed by atoms with Gasteiger partial charge in [-0.15, -0.1) is 0 Å². The Labute approximate surface area is 175 Å². The Morgan fingerprint density at radius 3 is 1.00 bits per heavy atom. The Kier molecular flexibility index (Phi) is 13.8. The number of nitrogens with zero attached hydrogens (tertiary/aromatic N) is 2. The number of likely N-dealkylation sites (N-methyl/N-ethyl adjacent to an activating group) is 2. The van der Waals surface area contributed by atoms with E-state index in [4.69, 9.17) is 8.85 Å². The van der Waals surface area contributed by atoms with Crippen molar-refractivity contribution in [2.45, 2.75) is 26.2 Å². The van der Waals surface area contributed by atoms with E-state index in [0.29, 0.717) is 0 Å². The summed E-state index contributed by atoms with van der Waals surface area (Å²) in [6, 6.07) is 0. The van der Waals surface area contributed by atoms with Crippen LogP contribution in [0, 0.1) is 0 Å². The van der Waals surface area contributed by atoms with Crippen molar-refractivity contribution in [2.24, 2.45) is 0 Å². The minimum Gasteiger partial charge on any atom is -1.00 e. The van der Waals surface area contributed by atoms with Crippen LogP contribution in [0.1, 0.15) is 0 Å². The van der Waals surface area contributed by atoms with Crippen LogP contribution in [0.5, 0.6) is 0 Å². The van der Waals surface area contributed by atoms with E-state index in [1.165, 1.54) is 0 Å². The molecule has 0 saturated carbocycles. The third-order valence-electron chi connectivity index (χ3n) is 3.90. The highest BCUT2D eigenvalue weighted by Gasteiger charge is 2.45. The van der Waals surface area contributed by atoms with Gasteiger partial charge in [0.05, 0.1) is 55.5 Å². The van der Waals surface area contributed by atoms with E-state index < -0.39 is 15.7 Å². The maximum atomic E-state index is 6.31. The second-order valence-electron chi connectivity index (χ2n) is 8.75. The van der Waals surface area contributed by atoms with Crippen LogP contribution in [0.25, 0.3) is 0 Å². The number of quaternary nitrogens is 2. The lowest BCUT2D eigenvalue weighted by Gasteiger charge is -2.38. The summed E-state index contributed by atoms with van der Waals surface area (Å²) >= 11 is 0. The SMILES string of the molecule is C[N+](C)(C)CCO[Si](C)(C)[Si](C)(C)OCC[N+](C)(C)C.[I-].[I-]. The molecule has 0 aromatic heterocycles. The average Bonchev–Trinajstić information content (AvgIpc) is 2.11. The van der Waals surface area contributed by atoms with Gasteiger partial charge >= 0.3 is 0 Å². The van der Waals surface area contributed by atoms with Crippen LogP contribution < -0.4 is 48.0 Å². The van der Waals surface area contributed by atoms with Gasteiger partial charge in [0.2, 0.25) is 15.7 Å². The molecule has 0 amide bonds. The molecule has 0 aromatic rings. The second-order valence-corrected chi connectivity index (χ2v) is 22.6. The predicted octanol–water partition coefficient (Wildman–Crippen LogP) is -4.07. The first-order valence-electron chi connectivity index (χ1n) is 7.55. The Balaban J connectivity index is -0.00000180. The standard InChI is InChI=1S/C14H38N2O2Si2.2HI/c1-15(2,3)11-13-17-19(7,8)20(9,10)18-14-12-16(4,5)6;;/h11-14H2,1-10H3;2*1H/q+2;;/p-2. The largest absolute Gasteiger partial charge is 1.00 e. The zero-order chi connectivity index (χ0) is 16.2. The molecule has 8 heteroatoms. The molecule has 0 aliphatic carbocycles. The van der Waals surface area contributed by atoms with Crippen LogP contribution in [-0.4, -0.2) is 93.2 Å². The van der Waals surface area contributed by atoms with E-state index >= 15 is 0 Å². The van der Waals surface area contributed by atoms with Crippen LogP contribution in [0.15, 0.2) is 0 Å². The van der Waals surface area contributed by atoms with Crippen molar-refractivity contribution < 1.29 is 65.8 Å². The summed E-state index contributed by atoms with van der Waals surface area (Å²) in [4.78, 5) is 0. The van der Waals surface area contributed by atoms with Crippen LogP contribution in [0.4, 0.5) is 0 Å². The molecular weight excluding hydrogens is 538 g/mol. The molecule has 0 aliphatic rings. The predicted molar refractivity (Wildman–Crippen MR) is 92.7 cm³/mol. The van der Waals surface area contributed by atoms with Gasteiger partial charge in [0.25, 0.3) is 0 Å². The number of rotatable bonds is 9. The van der Waals surface area contributed by atoms with Crippen molar-refractivity contribution in [3.8, 4) is 0 Å². The van der Waals surface area contributed by atoms with E-state index in [2.05, 4.69) is 68.5 Å². The fourth-order valence-electron chi connectivity index (χ4n) is 1.50. The lowest BCUT2D eigenvalue weighted by Crippen LogP contribution is -3.00. The number of halogens is 2. The molecule has 0 saturated heterocycles. The van der Waals surface area contributed by atoms with Gasteiger partial charge in [-0.3, -0.25) is 0 Å². The summed E-state index contributed by atoms with van der Waals surface area (Å²) in [6.07, 6.45) is 0. The molecule has 0 heterocycles. The molecule has 0 aromatic carbocycles. The van der Waals surface area contributed by atoms with E-state index in [1.54, 1.807) is 0 Å². The molecule has 138 valence electrons. The summed E-state index contributed by atoms with van der Waals surface area (Å²) in [5.74, 6) is 0. The minimum atomic E-state index is -1.73. The maximum Gasteiger partial charge on any atom is 0.205 e. The quantitative estimate of drug-likeness (QED) is 0.158. The molecule has 0 bridgehead atoms. The third-order valence-corrected chi connectivity index (χ3v) is 18.2. The van der Waals surface area contributed by atoms with E-state index in [-0.39, 0.29) is 48.0 Å². The monoisotopic (exact) mass is 576 g/mol. The lowest BCUT2D eigenvalue weighted by atomic mass is 10.5. The van der Waals surface area contributed by atoms with Crippen LogP contribution >= 0.6 is 0 Å². The highest BCUT2D eigenvalue weighted by Crippen LogP contribution is 2.21. The first-order valence-corrected chi connectivity index (χ1v) is 14.4. The van der Waals surface area contributed by atoms with Crippen molar-refractivity contribution in [2.75, 3.05) is 68.6 Å². The molecular formula is C14H38I2N2O2Si2. The highest BCUT2D eigenvalue weighted by atomic mass is 127. The van der Waals surface area contributed by atoms with Gasteiger partial charge in [-0.05, 0) is 26.2 Å². The smallest absolute Gasteiger partial charge is 0.205 e. The van der Waals surface area contributed by atoms with Crippen molar-refractivity contribution in [3.63, 3.8) is 0 Å². The topological polar surface area (TPSA) is 18.5 Å². The summed E-state index contributed by atoms with van der Waals surface area (Å²) < 4.78 is 14.5. The van der Waals surface area contributed by atoms with Crippen molar-refractivity contribution in [1.82, 2.24) is 0 Å². The molecule has 0 N–H and O–H groups in total. The Morgan fingerprint density at radius 2 is 0.818 bits per heavy atom. The van der Waals surface area contributed by atoms with Crippen molar-refractivity contribution in [3.05, 3.63) is 0 Å². The fourth-order valence-corrected chi connectivity index (χ4v) is 6.09. The first-order chi connectivity index (χ1) is 8.66. The summed E-state index contributed by atoms with van der Waals surface area (Å²) in [5.41, 5.74) is 0. The Bertz CT molecular complexity index is 274. The summed E-state index contributed by atoms with van der Waals surface area (Å²) in [5, 5.41) is 0. The van der Waals surface area contributed by atoms with E-state index in [0.717, 1.165) is 35.3 Å². The molecule has 0 spiro atoms. The van der Waals surface area contributed by atoms with Crippen molar-refractivity contribution >= 4 is 15.7 Å².